The van der Waals surface area contributed by atoms with Gasteiger partial charge in [0.05, 0.1) is 21.6 Å². The number of benzene rings is 1. The minimum atomic E-state index is 0.850. The third kappa shape index (κ3) is 2.50. The summed E-state index contributed by atoms with van der Waals surface area (Å²) in [7, 11) is 0. The van der Waals surface area contributed by atoms with Gasteiger partial charge in [-0.05, 0) is 24.3 Å². The Morgan fingerprint density at radius 3 is 2.77 bits per heavy atom. The first-order chi connectivity index (χ1) is 10.9. The first kappa shape index (κ1) is 12.8. The van der Waals surface area contributed by atoms with E-state index in [-0.39, 0.29) is 0 Å². The molecule has 0 spiro atoms. The van der Waals surface area contributed by atoms with Gasteiger partial charge < -0.3 is 4.40 Å². The highest BCUT2D eigenvalue weighted by molar-refractivity contribution is 7.16. The van der Waals surface area contributed by atoms with Crippen LogP contribution in [0.2, 0.25) is 0 Å². The Balaban J connectivity index is 1.65. The first-order valence-electron chi connectivity index (χ1n) is 6.84. The van der Waals surface area contributed by atoms with Crippen LogP contribution in [-0.2, 0) is 0 Å². The zero-order chi connectivity index (χ0) is 14.8. The van der Waals surface area contributed by atoms with Crippen molar-refractivity contribution < 1.29 is 0 Å². The molecule has 1 aromatic carbocycles. The second-order valence-electron chi connectivity index (χ2n) is 4.75. The zero-order valence-electron chi connectivity index (χ0n) is 11.6. The summed E-state index contributed by atoms with van der Waals surface area (Å²) in [6, 6.07) is 14.1. The molecule has 4 aromatic rings. The molecule has 4 heteroatoms. The van der Waals surface area contributed by atoms with Gasteiger partial charge in [0.15, 0.2) is 5.65 Å². The molecule has 22 heavy (non-hydrogen) atoms. The van der Waals surface area contributed by atoms with Gasteiger partial charge in [0.2, 0.25) is 0 Å². The molecule has 0 atom stereocenters. The van der Waals surface area contributed by atoms with Crippen LogP contribution in [0.25, 0.3) is 16.2 Å². The summed E-state index contributed by atoms with van der Waals surface area (Å²) in [6.07, 6.45) is 7.42. The lowest BCUT2D eigenvalue weighted by molar-refractivity contribution is 1.13. The van der Waals surface area contributed by atoms with Gasteiger partial charge in [0.1, 0.15) is 0 Å². The summed E-state index contributed by atoms with van der Waals surface area (Å²) in [5.41, 5.74) is 2.82. The second kappa shape index (κ2) is 5.47. The van der Waals surface area contributed by atoms with Gasteiger partial charge >= 0.3 is 0 Å². The molecule has 4 rings (SSSR count). The molecule has 0 radical (unpaired) electrons. The molecule has 0 aliphatic heterocycles. The van der Waals surface area contributed by atoms with E-state index < -0.39 is 0 Å². The second-order valence-corrected chi connectivity index (χ2v) is 5.83. The topological polar surface area (TPSA) is 30.2 Å². The van der Waals surface area contributed by atoms with E-state index >= 15 is 0 Å². The molecule has 0 N–H and O–H groups in total. The fraction of sp³-hybridized carbons (Fsp3) is 0. The van der Waals surface area contributed by atoms with Crippen LogP contribution < -0.4 is 0 Å². The van der Waals surface area contributed by atoms with Crippen molar-refractivity contribution in [2.75, 3.05) is 0 Å². The lowest BCUT2D eigenvalue weighted by atomic mass is 10.2. The van der Waals surface area contributed by atoms with E-state index in [1.165, 1.54) is 0 Å². The lowest BCUT2D eigenvalue weighted by Gasteiger charge is -1.87. The Morgan fingerprint density at radius 2 is 1.91 bits per heavy atom. The maximum absolute atomic E-state index is 4.58. The minimum absolute atomic E-state index is 0.850. The summed E-state index contributed by atoms with van der Waals surface area (Å²) in [5.74, 6) is 6.38. The SMILES string of the molecule is C(#Cc1ccc(-c2cn3ccncc3n2)s1)c1ccccc1. The Kier molecular flexibility index (Phi) is 3.19. The molecule has 0 fully saturated rings. The van der Waals surface area contributed by atoms with Crippen LogP contribution in [0.4, 0.5) is 0 Å². The number of nitrogens with zero attached hydrogens (tertiary/aromatic N) is 3. The van der Waals surface area contributed by atoms with Crippen LogP contribution in [0.15, 0.2) is 67.3 Å². The lowest BCUT2D eigenvalue weighted by Crippen LogP contribution is -1.81. The maximum Gasteiger partial charge on any atom is 0.156 e. The van der Waals surface area contributed by atoms with Crippen molar-refractivity contribution in [3.63, 3.8) is 0 Å². The number of hydrogen-bond donors (Lipinski definition) is 0. The fourth-order valence-electron chi connectivity index (χ4n) is 2.16. The largest absolute Gasteiger partial charge is 0.304 e. The number of hydrogen-bond acceptors (Lipinski definition) is 3. The van der Waals surface area contributed by atoms with E-state index in [1.54, 1.807) is 23.7 Å². The van der Waals surface area contributed by atoms with Gasteiger partial charge in [0.25, 0.3) is 0 Å². The highest BCUT2D eigenvalue weighted by Gasteiger charge is 2.06. The van der Waals surface area contributed by atoms with Gasteiger partial charge in [-0.3, -0.25) is 4.98 Å². The Bertz CT molecular complexity index is 954. The Labute approximate surface area is 131 Å². The molecule has 0 saturated heterocycles. The standard InChI is InChI=1S/C18H11N3S/c1-2-4-14(5-3-1)6-7-15-8-9-17(22-15)16-13-21-11-10-19-12-18(21)20-16/h1-5,8-13H. The molecule has 0 aliphatic carbocycles. The van der Waals surface area contributed by atoms with E-state index in [0.29, 0.717) is 0 Å². The van der Waals surface area contributed by atoms with E-state index in [9.17, 15) is 0 Å². The molecule has 3 nitrogen and oxygen atoms in total. The number of rotatable bonds is 1. The fourth-order valence-corrected chi connectivity index (χ4v) is 2.97. The molecular weight excluding hydrogens is 290 g/mol. The number of thiophene rings is 1. The van der Waals surface area contributed by atoms with Crippen molar-refractivity contribution in [2.24, 2.45) is 0 Å². The van der Waals surface area contributed by atoms with Crippen molar-refractivity contribution in [1.29, 1.82) is 0 Å². The van der Waals surface area contributed by atoms with Crippen molar-refractivity contribution in [3.05, 3.63) is 77.7 Å². The van der Waals surface area contributed by atoms with Crippen LogP contribution in [0, 0.1) is 11.8 Å². The summed E-state index contributed by atoms with van der Waals surface area (Å²) in [5, 5.41) is 0. The number of aromatic nitrogens is 3. The summed E-state index contributed by atoms with van der Waals surface area (Å²) in [6.45, 7) is 0. The van der Waals surface area contributed by atoms with Gasteiger partial charge in [0, 0.05) is 24.2 Å². The van der Waals surface area contributed by atoms with Crippen molar-refractivity contribution >= 4 is 17.0 Å². The van der Waals surface area contributed by atoms with Crippen LogP contribution in [0.1, 0.15) is 10.4 Å². The zero-order valence-corrected chi connectivity index (χ0v) is 12.4. The molecule has 104 valence electrons. The van der Waals surface area contributed by atoms with Crippen molar-refractivity contribution in [3.8, 4) is 22.4 Å². The van der Waals surface area contributed by atoms with E-state index in [0.717, 1.165) is 26.7 Å². The molecule has 0 saturated carbocycles. The highest BCUT2D eigenvalue weighted by Crippen LogP contribution is 2.27. The average Bonchev–Trinajstić information content (AvgIpc) is 3.20. The summed E-state index contributed by atoms with van der Waals surface area (Å²) < 4.78 is 1.97. The Morgan fingerprint density at radius 1 is 1.00 bits per heavy atom. The third-order valence-corrected chi connectivity index (χ3v) is 4.25. The monoisotopic (exact) mass is 301 g/mol. The quantitative estimate of drug-likeness (QED) is 0.500. The number of fused-ring (bicyclic) bond motifs is 1. The molecule has 0 aliphatic rings. The van der Waals surface area contributed by atoms with E-state index in [4.69, 9.17) is 0 Å². The Hall–Kier alpha value is -2.90. The summed E-state index contributed by atoms with van der Waals surface area (Å²) >= 11 is 1.65. The van der Waals surface area contributed by atoms with Crippen LogP contribution in [0.3, 0.4) is 0 Å². The highest BCUT2D eigenvalue weighted by atomic mass is 32.1. The van der Waals surface area contributed by atoms with E-state index in [2.05, 4.69) is 27.9 Å². The average molecular weight is 301 g/mol. The molecular formula is C18H11N3S. The number of imidazole rings is 1. The smallest absolute Gasteiger partial charge is 0.156 e. The van der Waals surface area contributed by atoms with Gasteiger partial charge in [-0.1, -0.05) is 30.0 Å². The molecule has 3 aromatic heterocycles. The van der Waals surface area contributed by atoms with Crippen molar-refractivity contribution in [2.45, 2.75) is 0 Å². The van der Waals surface area contributed by atoms with Crippen LogP contribution in [0.5, 0.6) is 0 Å². The predicted molar refractivity (Wildman–Crippen MR) is 88.7 cm³/mol. The molecule has 0 amide bonds. The summed E-state index contributed by atoms with van der Waals surface area (Å²) in [4.78, 5) is 10.8. The molecule has 3 heterocycles. The normalized spacial score (nSPS) is 10.4. The van der Waals surface area contributed by atoms with Gasteiger partial charge in [-0.25, -0.2) is 4.98 Å². The maximum atomic E-state index is 4.58. The third-order valence-electron chi connectivity index (χ3n) is 3.23. The van der Waals surface area contributed by atoms with Gasteiger partial charge in [-0.2, -0.15) is 0 Å². The van der Waals surface area contributed by atoms with Gasteiger partial charge in [-0.15, -0.1) is 11.3 Å². The molecule has 0 bridgehead atoms. The van der Waals surface area contributed by atoms with Crippen LogP contribution >= 0.6 is 11.3 Å². The van der Waals surface area contributed by atoms with E-state index in [1.807, 2.05) is 53.2 Å². The molecule has 0 unspecified atom stereocenters. The predicted octanol–water partition coefficient (Wildman–Crippen LogP) is 3.86. The first-order valence-corrected chi connectivity index (χ1v) is 7.66. The van der Waals surface area contributed by atoms with Crippen LogP contribution in [-0.4, -0.2) is 14.4 Å². The van der Waals surface area contributed by atoms with Crippen molar-refractivity contribution in [1.82, 2.24) is 14.4 Å². The minimum Gasteiger partial charge on any atom is -0.304 e.